The number of aromatic nitrogens is 1. The van der Waals surface area contributed by atoms with Gasteiger partial charge in [-0.3, -0.25) is 14.7 Å². The number of carbonyl (C=O) groups is 1. The molecule has 1 aromatic heterocycles. The van der Waals surface area contributed by atoms with Gasteiger partial charge in [0.05, 0.1) is 5.70 Å². The summed E-state index contributed by atoms with van der Waals surface area (Å²) in [4.78, 5) is 20.1. The topological polar surface area (TPSA) is 88.5 Å². The fourth-order valence-corrected chi connectivity index (χ4v) is 3.87. The molecule has 0 spiro atoms. The average molecular weight is 535 g/mol. The third kappa shape index (κ3) is 9.85. The highest BCUT2D eigenvalue weighted by atomic mass is 79.9. The quantitative estimate of drug-likeness (QED) is 0.377. The zero-order valence-electron chi connectivity index (χ0n) is 22.5. The summed E-state index contributed by atoms with van der Waals surface area (Å²) in [5, 5.41) is 0. The number of halogens is 1. The van der Waals surface area contributed by atoms with Crippen molar-refractivity contribution in [2.45, 2.75) is 54.9 Å². The summed E-state index contributed by atoms with van der Waals surface area (Å²) in [5.41, 5.74) is 18.5. The monoisotopic (exact) mass is 533 g/mol. The Bertz CT molecular complexity index is 909. The van der Waals surface area contributed by atoms with Gasteiger partial charge < -0.3 is 16.4 Å². The Labute approximate surface area is 215 Å². The molecule has 0 fully saturated rings. The average Bonchev–Trinajstić information content (AvgIpc) is 2.83. The summed E-state index contributed by atoms with van der Waals surface area (Å²) in [6, 6.07) is 1.97. The third-order valence-electron chi connectivity index (χ3n) is 5.09. The molecule has 0 atom stereocenters. The Kier molecular flexibility index (Phi) is 15.1. The lowest BCUT2D eigenvalue weighted by Gasteiger charge is -2.27. The maximum atomic E-state index is 11.9. The summed E-state index contributed by atoms with van der Waals surface area (Å²) in [6.07, 6.45) is 8.69. The zero-order chi connectivity index (χ0) is 26.4. The van der Waals surface area contributed by atoms with E-state index in [-0.39, 0.29) is 11.6 Å². The number of nitrogens with zero attached hydrogens (tertiary/aromatic N) is 3. The molecule has 4 N–H and O–H groups in total. The molecule has 0 radical (unpaired) electrons. The molecular weight excluding hydrogens is 490 g/mol. The van der Waals surface area contributed by atoms with Crippen LogP contribution in [-0.2, 0) is 4.79 Å². The van der Waals surface area contributed by atoms with Crippen LogP contribution < -0.4 is 11.5 Å². The van der Waals surface area contributed by atoms with Gasteiger partial charge in [-0.05, 0) is 50.5 Å². The summed E-state index contributed by atoms with van der Waals surface area (Å²) < 4.78 is 1.06. The first-order valence-corrected chi connectivity index (χ1v) is 12.7. The molecule has 1 amide bonds. The van der Waals surface area contributed by atoms with Crippen LogP contribution in [0.5, 0.6) is 0 Å². The highest BCUT2D eigenvalue weighted by molar-refractivity contribution is 9.10. The first-order valence-electron chi connectivity index (χ1n) is 11.9. The van der Waals surface area contributed by atoms with Crippen LogP contribution in [0, 0.1) is 6.92 Å². The SMILES string of the molecule is CC.CC.CC(/C=C(\N)C(=O)N(C)C)=C(/N)C1=CCN(C/C(C)=C/c2c(Br)ccnc2C)CC1. The minimum atomic E-state index is -0.219. The number of likely N-dealkylation sites (N-methyl/N-ethyl adjacent to an activating group) is 1. The first kappa shape index (κ1) is 31.6. The van der Waals surface area contributed by atoms with Crippen LogP contribution in [0.25, 0.3) is 6.08 Å². The Balaban J connectivity index is 0.00000258. The fraction of sp³-hybridized carbons (Fsp3) is 0.481. The lowest BCUT2D eigenvalue weighted by molar-refractivity contribution is -0.124. The number of rotatable bonds is 6. The maximum absolute atomic E-state index is 11.9. The number of amides is 1. The molecule has 0 aromatic carbocycles. The minimum absolute atomic E-state index is 0.191. The predicted molar refractivity (Wildman–Crippen MR) is 150 cm³/mol. The van der Waals surface area contributed by atoms with Gasteiger partial charge in [-0.25, -0.2) is 0 Å². The molecule has 6 nitrogen and oxygen atoms in total. The Morgan fingerprint density at radius 2 is 1.82 bits per heavy atom. The van der Waals surface area contributed by atoms with Gasteiger partial charge in [0.2, 0.25) is 0 Å². The van der Waals surface area contributed by atoms with E-state index in [4.69, 9.17) is 11.5 Å². The van der Waals surface area contributed by atoms with Crippen molar-refractivity contribution in [3.8, 4) is 0 Å². The molecule has 2 rings (SSSR count). The highest BCUT2D eigenvalue weighted by Crippen LogP contribution is 2.23. The van der Waals surface area contributed by atoms with E-state index in [0.717, 1.165) is 52.9 Å². The van der Waals surface area contributed by atoms with E-state index in [1.54, 1.807) is 20.2 Å². The molecule has 0 bridgehead atoms. The molecule has 34 heavy (non-hydrogen) atoms. The van der Waals surface area contributed by atoms with E-state index >= 15 is 0 Å². The molecule has 2 heterocycles. The largest absolute Gasteiger partial charge is 0.398 e. The van der Waals surface area contributed by atoms with Crippen molar-refractivity contribution >= 4 is 27.9 Å². The lowest BCUT2D eigenvalue weighted by Crippen LogP contribution is -2.31. The minimum Gasteiger partial charge on any atom is -0.398 e. The van der Waals surface area contributed by atoms with E-state index in [1.807, 2.05) is 53.8 Å². The van der Waals surface area contributed by atoms with E-state index in [9.17, 15) is 4.79 Å². The molecule has 1 aliphatic rings. The van der Waals surface area contributed by atoms with Crippen molar-refractivity contribution < 1.29 is 4.79 Å². The van der Waals surface area contributed by atoms with Gasteiger partial charge >= 0.3 is 0 Å². The highest BCUT2D eigenvalue weighted by Gasteiger charge is 2.15. The van der Waals surface area contributed by atoms with Gasteiger partial charge in [-0.1, -0.05) is 61.4 Å². The second-order valence-corrected chi connectivity index (χ2v) is 8.75. The number of hydrogen-bond acceptors (Lipinski definition) is 5. The van der Waals surface area contributed by atoms with E-state index in [2.05, 4.69) is 44.9 Å². The van der Waals surface area contributed by atoms with Crippen molar-refractivity contribution in [3.63, 3.8) is 0 Å². The molecule has 0 saturated carbocycles. The third-order valence-corrected chi connectivity index (χ3v) is 5.78. The summed E-state index contributed by atoms with van der Waals surface area (Å²) in [7, 11) is 3.35. The molecule has 0 unspecified atom stereocenters. The van der Waals surface area contributed by atoms with Crippen LogP contribution >= 0.6 is 15.9 Å². The summed E-state index contributed by atoms with van der Waals surface area (Å²) in [5.74, 6) is -0.219. The van der Waals surface area contributed by atoms with E-state index in [1.165, 1.54) is 10.5 Å². The predicted octanol–water partition coefficient (Wildman–Crippen LogP) is 5.40. The van der Waals surface area contributed by atoms with Crippen LogP contribution in [0.4, 0.5) is 0 Å². The fourth-order valence-electron chi connectivity index (χ4n) is 3.35. The summed E-state index contributed by atoms with van der Waals surface area (Å²) in [6.45, 7) is 16.7. The number of pyridine rings is 1. The van der Waals surface area contributed by atoms with Gasteiger partial charge in [0.15, 0.2) is 0 Å². The zero-order valence-corrected chi connectivity index (χ0v) is 24.1. The Morgan fingerprint density at radius 1 is 1.21 bits per heavy atom. The van der Waals surface area contributed by atoms with Crippen LogP contribution in [0.1, 0.15) is 59.2 Å². The molecule has 1 aliphatic heterocycles. The lowest BCUT2D eigenvalue weighted by atomic mass is 10.0. The molecule has 7 heteroatoms. The molecule has 0 aliphatic carbocycles. The second kappa shape index (κ2) is 16.3. The van der Waals surface area contributed by atoms with Crippen LogP contribution in [0.2, 0.25) is 0 Å². The molecular formula is C27H44BrN5O. The number of carbonyl (C=O) groups excluding carboxylic acids is 1. The van der Waals surface area contributed by atoms with E-state index < -0.39 is 0 Å². The van der Waals surface area contributed by atoms with Gasteiger partial charge in [0.25, 0.3) is 5.91 Å². The van der Waals surface area contributed by atoms with Crippen molar-refractivity contribution in [1.29, 1.82) is 0 Å². The van der Waals surface area contributed by atoms with Crippen LogP contribution in [-0.4, -0.2) is 54.4 Å². The van der Waals surface area contributed by atoms with E-state index in [0.29, 0.717) is 5.70 Å². The van der Waals surface area contributed by atoms with Crippen molar-refractivity contribution in [2.24, 2.45) is 11.5 Å². The van der Waals surface area contributed by atoms with Crippen molar-refractivity contribution in [2.75, 3.05) is 33.7 Å². The van der Waals surface area contributed by atoms with Gasteiger partial charge in [0.1, 0.15) is 0 Å². The van der Waals surface area contributed by atoms with Crippen LogP contribution in [0.3, 0.4) is 0 Å². The van der Waals surface area contributed by atoms with Crippen molar-refractivity contribution in [3.05, 3.63) is 68.3 Å². The molecule has 190 valence electrons. The number of hydrogen-bond donors (Lipinski definition) is 2. The first-order chi connectivity index (χ1) is 16.1. The van der Waals surface area contributed by atoms with Crippen molar-refractivity contribution in [1.82, 2.24) is 14.8 Å². The second-order valence-electron chi connectivity index (χ2n) is 7.89. The smallest absolute Gasteiger partial charge is 0.269 e. The van der Waals surface area contributed by atoms with Crippen LogP contribution in [0.15, 0.2) is 57.0 Å². The summed E-state index contributed by atoms with van der Waals surface area (Å²) >= 11 is 3.61. The van der Waals surface area contributed by atoms with Gasteiger partial charge in [-0.15, -0.1) is 0 Å². The number of aryl methyl sites for hydroxylation is 1. The van der Waals surface area contributed by atoms with Gasteiger partial charge in [-0.2, -0.15) is 0 Å². The number of allylic oxidation sites excluding steroid dienone is 3. The van der Waals surface area contributed by atoms with Gasteiger partial charge in [0, 0.05) is 61.4 Å². The standard InChI is InChI=1S/C23H32BrN5O.2C2H6/c1-15(12-19-17(3)27-9-6-20(19)24)14-29-10-7-18(8-11-29)22(26)16(2)13-21(25)23(30)28(4)5;2*1-2/h6-7,9,12-13H,8,10-11,14,25-26H2,1-5H3;2*1-2H3/b15-12+,21-13-,22-16-;;. The number of nitrogens with two attached hydrogens (primary N) is 2. The normalized spacial score (nSPS) is 15.2. The maximum Gasteiger partial charge on any atom is 0.269 e. The Hall–Kier alpha value is -2.38. The Morgan fingerprint density at radius 3 is 2.32 bits per heavy atom. The molecule has 0 saturated heterocycles. The molecule has 1 aromatic rings.